The van der Waals surface area contributed by atoms with Crippen molar-refractivity contribution in [1.82, 2.24) is 4.90 Å². The number of carbonyl (C=O) groups is 3. The molecule has 0 spiro atoms. The van der Waals surface area contributed by atoms with Crippen LogP contribution in [0.2, 0.25) is 0 Å². The van der Waals surface area contributed by atoms with Crippen LogP contribution in [0.5, 0.6) is 0 Å². The fraction of sp³-hybridized carbons (Fsp3) is 0.471. The zero-order valence-corrected chi connectivity index (χ0v) is 14.0. The summed E-state index contributed by atoms with van der Waals surface area (Å²) >= 11 is 1.23. The molecular weight excluding hydrogens is 328 g/mol. The van der Waals surface area contributed by atoms with Crippen LogP contribution in [0.25, 0.3) is 0 Å². The third kappa shape index (κ3) is 3.56. The number of carbonyl (C=O) groups excluding carboxylic acids is 2. The lowest BCUT2D eigenvalue weighted by Crippen LogP contribution is -2.30. The van der Waals surface area contributed by atoms with Crippen molar-refractivity contribution in [3.63, 3.8) is 0 Å². The first-order valence-corrected chi connectivity index (χ1v) is 8.98. The van der Waals surface area contributed by atoms with Crippen molar-refractivity contribution in [1.29, 1.82) is 0 Å². The van der Waals surface area contributed by atoms with Crippen LogP contribution in [-0.4, -0.2) is 46.6 Å². The standard InChI is InChI=1S/C17H20N2O4S/c18-15(20)9-24-14-4-2-1-3-11(14)16(21)19-7-12(10-5-6-10)13(8-19)17(22)23/h1-4,10,12-13H,5-9H2,(H2,18,20)(H,22,23)/t12-,13+/m1/s1. The first kappa shape index (κ1) is 16.8. The minimum Gasteiger partial charge on any atom is -0.481 e. The lowest BCUT2D eigenvalue weighted by atomic mass is 9.92. The van der Waals surface area contributed by atoms with Gasteiger partial charge in [0, 0.05) is 18.0 Å². The topological polar surface area (TPSA) is 101 Å². The molecule has 1 heterocycles. The molecule has 2 atom stereocenters. The van der Waals surface area contributed by atoms with Crippen LogP contribution in [0.4, 0.5) is 0 Å². The van der Waals surface area contributed by atoms with E-state index in [2.05, 4.69) is 0 Å². The highest BCUT2D eigenvalue weighted by atomic mass is 32.2. The van der Waals surface area contributed by atoms with Gasteiger partial charge in [0.25, 0.3) is 5.91 Å². The predicted molar refractivity (Wildman–Crippen MR) is 89.6 cm³/mol. The van der Waals surface area contributed by atoms with E-state index in [1.807, 2.05) is 0 Å². The van der Waals surface area contributed by atoms with E-state index in [4.69, 9.17) is 5.73 Å². The number of rotatable bonds is 6. The van der Waals surface area contributed by atoms with Crippen molar-refractivity contribution in [3.8, 4) is 0 Å². The van der Waals surface area contributed by atoms with Gasteiger partial charge in [-0.15, -0.1) is 11.8 Å². The van der Waals surface area contributed by atoms with Gasteiger partial charge in [-0.2, -0.15) is 0 Å². The Labute approximate surface area is 144 Å². The minimum absolute atomic E-state index is 0.0527. The van der Waals surface area contributed by atoms with Crippen LogP contribution in [-0.2, 0) is 9.59 Å². The Kier molecular flexibility index (Phi) is 4.80. The van der Waals surface area contributed by atoms with Gasteiger partial charge in [-0.05, 0) is 36.8 Å². The fourth-order valence-electron chi connectivity index (χ4n) is 3.35. The number of hydrogen-bond acceptors (Lipinski definition) is 4. The Balaban J connectivity index is 1.77. The van der Waals surface area contributed by atoms with E-state index >= 15 is 0 Å². The number of hydrogen-bond donors (Lipinski definition) is 2. The maximum Gasteiger partial charge on any atom is 0.308 e. The van der Waals surface area contributed by atoms with Gasteiger partial charge in [0.2, 0.25) is 5.91 Å². The molecule has 1 saturated heterocycles. The van der Waals surface area contributed by atoms with Crippen LogP contribution in [0.3, 0.4) is 0 Å². The molecule has 0 aromatic heterocycles. The number of nitrogens with two attached hydrogens (primary N) is 1. The van der Waals surface area contributed by atoms with Gasteiger partial charge in [0.05, 0.1) is 17.2 Å². The third-order valence-corrected chi connectivity index (χ3v) is 5.78. The van der Waals surface area contributed by atoms with Crippen molar-refractivity contribution in [2.75, 3.05) is 18.8 Å². The van der Waals surface area contributed by atoms with E-state index in [9.17, 15) is 19.5 Å². The molecule has 2 amide bonds. The maximum absolute atomic E-state index is 12.9. The van der Waals surface area contributed by atoms with Crippen molar-refractivity contribution >= 4 is 29.5 Å². The Morgan fingerprint density at radius 2 is 1.92 bits per heavy atom. The number of thioether (sulfide) groups is 1. The van der Waals surface area contributed by atoms with Crippen LogP contribution in [0.15, 0.2) is 29.2 Å². The highest BCUT2D eigenvalue weighted by Gasteiger charge is 2.47. The van der Waals surface area contributed by atoms with Crippen molar-refractivity contribution in [2.24, 2.45) is 23.5 Å². The number of carboxylic acids is 1. The smallest absolute Gasteiger partial charge is 0.308 e. The van der Waals surface area contributed by atoms with Gasteiger partial charge in [-0.3, -0.25) is 14.4 Å². The van der Waals surface area contributed by atoms with Crippen LogP contribution in [0.1, 0.15) is 23.2 Å². The number of benzene rings is 1. The van der Waals surface area contributed by atoms with Gasteiger partial charge in [-0.25, -0.2) is 0 Å². The molecule has 1 aliphatic carbocycles. The highest BCUT2D eigenvalue weighted by Crippen LogP contribution is 2.44. The molecule has 1 aromatic rings. The van der Waals surface area contributed by atoms with Gasteiger partial charge < -0.3 is 15.7 Å². The molecule has 3 N–H and O–H groups in total. The lowest BCUT2D eigenvalue weighted by Gasteiger charge is -2.18. The van der Waals surface area contributed by atoms with Crippen molar-refractivity contribution in [2.45, 2.75) is 17.7 Å². The molecule has 128 valence electrons. The van der Waals surface area contributed by atoms with E-state index in [-0.39, 0.29) is 24.1 Å². The summed E-state index contributed by atoms with van der Waals surface area (Å²) in [5.74, 6) is -1.32. The van der Waals surface area contributed by atoms with E-state index in [1.54, 1.807) is 29.2 Å². The summed E-state index contributed by atoms with van der Waals surface area (Å²) < 4.78 is 0. The van der Waals surface area contributed by atoms with E-state index in [1.165, 1.54) is 11.8 Å². The van der Waals surface area contributed by atoms with Gasteiger partial charge in [0.1, 0.15) is 0 Å². The molecule has 0 unspecified atom stereocenters. The predicted octanol–water partition coefficient (Wildman–Crippen LogP) is 1.45. The first-order chi connectivity index (χ1) is 11.5. The zero-order chi connectivity index (χ0) is 17.3. The van der Waals surface area contributed by atoms with Gasteiger partial charge in [0.15, 0.2) is 0 Å². The molecular formula is C17H20N2O4S. The van der Waals surface area contributed by atoms with E-state index in [0.29, 0.717) is 22.9 Å². The summed E-state index contributed by atoms with van der Waals surface area (Å²) in [5, 5.41) is 9.44. The average Bonchev–Trinajstić information content (AvgIpc) is 3.30. The molecule has 1 aliphatic heterocycles. The number of carboxylic acid groups (broad SMARTS) is 1. The Bertz CT molecular complexity index is 674. The molecule has 0 bridgehead atoms. The second-order valence-corrected chi connectivity index (χ2v) is 7.42. The second-order valence-electron chi connectivity index (χ2n) is 6.41. The molecule has 1 saturated carbocycles. The van der Waals surface area contributed by atoms with E-state index < -0.39 is 17.8 Å². The van der Waals surface area contributed by atoms with E-state index in [0.717, 1.165) is 12.8 Å². The van der Waals surface area contributed by atoms with Crippen LogP contribution in [0, 0.1) is 17.8 Å². The van der Waals surface area contributed by atoms with Crippen molar-refractivity contribution in [3.05, 3.63) is 29.8 Å². The Morgan fingerprint density at radius 1 is 1.21 bits per heavy atom. The summed E-state index contributed by atoms with van der Waals surface area (Å²) in [6.07, 6.45) is 2.11. The molecule has 2 aliphatic rings. The van der Waals surface area contributed by atoms with Gasteiger partial charge in [-0.1, -0.05) is 12.1 Å². The molecule has 6 nitrogen and oxygen atoms in total. The normalized spacial score (nSPS) is 23.2. The summed E-state index contributed by atoms with van der Waals surface area (Å²) in [7, 11) is 0. The molecule has 7 heteroatoms. The summed E-state index contributed by atoms with van der Waals surface area (Å²) in [6, 6.07) is 7.07. The number of amides is 2. The molecule has 2 fully saturated rings. The summed E-state index contributed by atoms with van der Waals surface area (Å²) in [6.45, 7) is 0.749. The average molecular weight is 348 g/mol. The van der Waals surface area contributed by atoms with Crippen LogP contribution < -0.4 is 5.73 Å². The molecule has 24 heavy (non-hydrogen) atoms. The highest BCUT2D eigenvalue weighted by molar-refractivity contribution is 8.00. The summed E-state index contributed by atoms with van der Waals surface area (Å²) in [4.78, 5) is 37.7. The number of primary amides is 1. The number of likely N-dealkylation sites (tertiary alicyclic amines) is 1. The monoisotopic (exact) mass is 348 g/mol. The fourth-order valence-corrected chi connectivity index (χ4v) is 4.13. The number of aliphatic carboxylic acids is 1. The largest absolute Gasteiger partial charge is 0.481 e. The molecule has 0 radical (unpaired) electrons. The Hall–Kier alpha value is -2.02. The maximum atomic E-state index is 12.9. The summed E-state index contributed by atoms with van der Waals surface area (Å²) in [5.41, 5.74) is 5.68. The minimum atomic E-state index is -0.821. The Morgan fingerprint density at radius 3 is 2.54 bits per heavy atom. The number of nitrogens with zero attached hydrogens (tertiary/aromatic N) is 1. The first-order valence-electron chi connectivity index (χ1n) is 7.99. The lowest BCUT2D eigenvalue weighted by molar-refractivity contribution is -0.142. The van der Waals surface area contributed by atoms with Crippen LogP contribution >= 0.6 is 11.8 Å². The van der Waals surface area contributed by atoms with Gasteiger partial charge >= 0.3 is 5.97 Å². The molecule has 3 rings (SSSR count). The molecule has 1 aromatic carbocycles. The zero-order valence-electron chi connectivity index (χ0n) is 13.2. The SMILES string of the molecule is NC(=O)CSc1ccccc1C(=O)N1C[C@H](C(=O)O)[C@@H](C2CC2)C1. The van der Waals surface area contributed by atoms with Crippen molar-refractivity contribution < 1.29 is 19.5 Å². The third-order valence-electron chi connectivity index (χ3n) is 4.68. The second kappa shape index (κ2) is 6.84. The quantitative estimate of drug-likeness (QED) is 0.758.